The van der Waals surface area contributed by atoms with Gasteiger partial charge in [-0.1, -0.05) is 48.6 Å². The Bertz CT molecular complexity index is 412. The van der Waals surface area contributed by atoms with E-state index in [0.29, 0.717) is 0 Å². The van der Waals surface area contributed by atoms with Gasteiger partial charge in [0.2, 0.25) is 0 Å². The van der Waals surface area contributed by atoms with Crippen molar-refractivity contribution in [2.75, 3.05) is 7.05 Å². The summed E-state index contributed by atoms with van der Waals surface area (Å²) in [5.74, 6) is 0. The van der Waals surface area contributed by atoms with Gasteiger partial charge in [0.15, 0.2) is 0 Å². The fourth-order valence-corrected chi connectivity index (χ4v) is 1.56. The molecule has 0 spiro atoms. The van der Waals surface area contributed by atoms with E-state index in [9.17, 15) is 0 Å². The average Bonchev–Trinajstić information content (AvgIpc) is 2.80. The van der Waals surface area contributed by atoms with E-state index in [1.807, 2.05) is 48.7 Å². The number of rotatable bonds is 0. The van der Waals surface area contributed by atoms with Gasteiger partial charge < -0.3 is 4.90 Å². The smallest absolute Gasteiger partial charge is 0.0106 e. The van der Waals surface area contributed by atoms with Crippen molar-refractivity contribution in [1.82, 2.24) is 4.90 Å². The summed E-state index contributed by atoms with van der Waals surface area (Å²) < 4.78 is 0. The van der Waals surface area contributed by atoms with Gasteiger partial charge in [-0.3, -0.25) is 0 Å². The van der Waals surface area contributed by atoms with Crippen LogP contribution < -0.4 is 0 Å². The minimum atomic E-state index is 1.35. The van der Waals surface area contributed by atoms with Gasteiger partial charge in [0.1, 0.15) is 0 Å². The van der Waals surface area contributed by atoms with E-state index >= 15 is 0 Å². The first-order valence-electron chi connectivity index (χ1n) is 5.37. The maximum Gasteiger partial charge on any atom is 0.0106 e. The first kappa shape index (κ1) is 10.5. The summed E-state index contributed by atoms with van der Waals surface area (Å²) in [5.41, 5.74) is 2.70. The van der Waals surface area contributed by atoms with Crippen molar-refractivity contribution in [3.8, 4) is 0 Å². The van der Waals surface area contributed by atoms with Crippen molar-refractivity contribution in [1.29, 1.82) is 0 Å². The van der Waals surface area contributed by atoms with E-state index in [1.54, 1.807) is 0 Å². The van der Waals surface area contributed by atoms with Gasteiger partial charge in [-0.15, -0.1) is 0 Å². The van der Waals surface area contributed by atoms with Crippen molar-refractivity contribution >= 4 is 0 Å². The second-order valence-electron chi connectivity index (χ2n) is 3.70. The lowest BCUT2D eigenvalue weighted by atomic mass is 10.2. The first-order chi connectivity index (χ1) is 7.86. The fraction of sp³-hybridized carbons (Fsp3) is 0.0667. The van der Waals surface area contributed by atoms with Crippen molar-refractivity contribution in [2.24, 2.45) is 0 Å². The molecule has 0 saturated carbocycles. The van der Waals surface area contributed by atoms with Crippen LogP contribution in [-0.2, 0) is 0 Å². The highest BCUT2D eigenvalue weighted by molar-refractivity contribution is 5.59. The zero-order chi connectivity index (χ0) is 11.2. The maximum absolute atomic E-state index is 2.12. The molecule has 3 aliphatic rings. The van der Waals surface area contributed by atoms with E-state index in [0.717, 1.165) is 0 Å². The van der Waals surface area contributed by atoms with Crippen LogP contribution in [0.4, 0.5) is 0 Å². The minimum Gasteiger partial charge on any atom is -0.357 e. The van der Waals surface area contributed by atoms with Gasteiger partial charge in [-0.25, -0.2) is 0 Å². The number of hydrogen-bond acceptors (Lipinski definition) is 1. The molecule has 0 atom stereocenters. The average molecular weight is 209 g/mol. The predicted molar refractivity (Wildman–Crippen MR) is 69.6 cm³/mol. The molecule has 0 N–H and O–H groups in total. The highest BCUT2D eigenvalue weighted by atomic mass is 15.0. The molecule has 0 aromatic heterocycles. The van der Waals surface area contributed by atoms with Gasteiger partial charge in [-0.2, -0.15) is 0 Å². The summed E-state index contributed by atoms with van der Waals surface area (Å²) in [4.78, 5) is 2.00. The minimum absolute atomic E-state index is 1.35. The van der Waals surface area contributed by atoms with Crippen LogP contribution in [0.5, 0.6) is 0 Å². The topological polar surface area (TPSA) is 3.24 Å². The molecular weight excluding hydrogens is 194 g/mol. The third-order valence-corrected chi connectivity index (χ3v) is 2.41. The lowest BCUT2D eigenvalue weighted by molar-refractivity contribution is 0.627. The van der Waals surface area contributed by atoms with Crippen LogP contribution in [0.2, 0.25) is 0 Å². The molecule has 1 heterocycles. The largest absolute Gasteiger partial charge is 0.357 e. The molecule has 2 aliphatic carbocycles. The summed E-state index contributed by atoms with van der Waals surface area (Å²) in [6, 6.07) is 0. The maximum atomic E-state index is 2.12. The van der Waals surface area contributed by atoms with Crippen molar-refractivity contribution in [2.45, 2.75) is 0 Å². The van der Waals surface area contributed by atoms with Crippen molar-refractivity contribution in [3.63, 3.8) is 0 Å². The second-order valence-corrected chi connectivity index (χ2v) is 3.70. The predicted octanol–water partition coefficient (Wildman–Crippen LogP) is 3.49. The Morgan fingerprint density at radius 2 is 1.19 bits per heavy atom. The van der Waals surface area contributed by atoms with Crippen LogP contribution in [-0.4, -0.2) is 11.9 Å². The van der Waals surface area contributed by atoms with Crippen molar-refractivity contribution < 1.29 is 0 Å². The highest BCUT2D eigenvalue weighted by Crippen LogP contribution is 2.23. The molecule has 0 saturated heterocycles. The summed E-state index contributed by atoms with van der Waals surface area (Å²) >= 11 is 0. The Balaban J connectivity index is 0.000000120. The molecule has 0 aromatic rings. The SMILES string of the molecule is C1=CC2=CC=CC2=C1.CN1C=CC=CC=C1. The molecule has 0 fully saturated rings. The lowest BCUT2D eigenvalue weighted by Gasteiger charge is -2.02. The monoisotopic (exact) mass is 209 g/mol. The molecular formula is C15H15N. The molecule has 16 heavy (non-hydrogen) atoms. The Kier molecular flexibility index (Phi) is 3.39. The first-order valence-corrected chi connectivity index (χ1v) is 5.37. The fourth-order valence-electron chi connectivity index (χ4n) is 1.56. The van der Waals surface area contributed by atoms with E-state index in [1.165, 1.54) is 11.1 Å². The van der Waals surface area contributed by atoms with Crippen molar-refractivity contribution in [3.05, 3.63) is 84.3 Å². The zero-order valence-corrected chi connectivity index (χ0v) is 9.38. The van der Waals surface area contributed by atoms with Gasteiger partial charge in [0, 0.05) is 19.4 Å². The molecule has 1 heteroatoms. The van der Waals surface area contributed by atoms with E-state index < -0.39 is 0 Å². The quantitative estimate of drug-likeness (QED) is 0.590. The number of nitrogens with zero attached hydrogens (tertiary/aromatic N) is 1. The molecule has 1 aliphatic heterocycles. The van der Waals surface area contributed by atoms with Gasteiger partial charge in [-0.05, 0) is 23.3 Å². The molecule has 0 unspecified atom stereocenters. The number of hydrogen-bond donors (Lipinski definition) is 0. The van der Waals surface area contributed by atoms with Crippen LogP contribution in [0.25, 0.3) is 0 Å². The summed E-state index contributed by atoms with van der Waals surface area (Å²) in [6.45, 7) is 0. The summed E-state index contributed by atoms with van der Waals surface area (Å²) in [6.07, 6.45) is 24.6. The summed E-state index contributed by atoms with van der Waals surface area (Å²) in [5, 5.41) is 0. The third kappa shape index (κ3) is 2.74. The van der Waals surface area contributed by atoms with Crippen LogP contribution in [0.15, 0.2) is 84.3 Å². The van der Waals surface area contributed by atoms with E-state index in [2.05, 4.69) is 36.5 Å². The third-order valence-electron chi connectivity index (χ3n) is 2.41. The van der Waals surface area contributed by atoms with Gasteiger partial charge in [0.25, 0.3) is 0 Å². The van der Waals surface area contributed by atoms with E-state index in [-0.39, 0.29) is 0 Å². The van der Waals surface area contributed by atoms with Gasteiger partial charge in [0.05, 0.1) is 0 Å². The van der Waals surface area contributed by atoms with E-state index in [4.69, 9.17) is 0 Å². The second kappa shape index (κ2) is 5.17. The molecule has 0 radical (unpaired) electrons. The Morgan fingerprint density at radius 1 is 0.688 bits per heavy atom. The van der Waals surface area contributed by atoms with Gasteiger partial charge >= 0.3 is 0 Å². The number of allylic oxidation sites excluding steroid dienone is 12. The Morgan fingerprint density at radius 3 is 1.69 bits per heavy atom. The normalized spacial score (nSPS) is 18.9. The lowest BCUT2D eigenvalue weighted by Crippen LogP contribution is -1.97. The molecule has 0 amide bonds. The molecule has 0 bridgehead atoms. The molecule has 3 rings (SSSR count). The van der Waals surface area contributed by atoms with Crippen LogP contribution in [0.3, 0.4) is 0 Å². The number of fused-ring (bicyclic) bond motifs is 1. The van der Waals surface area contributed by atoms with Crippen LogP contribution in [0, 0.1) is 0 Å². The Labute approximate surface area is 96.8 Å². The molecule has 80 valence electrons. The van der Waals surface area contributed by atoms with Crippen LogP contribution >= 0.6 is 0 Å². The summed E-state index contributed by atoms with van der Waals surface area (Å²) in [7, 11) is 2.00. The standard InChI is InChI=1S/C8H6.C7H9N/c1-3-7-5-2-6-8(7)4-1;1-8-6-4-2-3-5-7-8/h1-6H;2-7H,1H3. The molecule has 1 nitrogen and oxygen atoms in total. The highest BCUT2D eigenvalue weighted by Gasteiger charge is 2.04. The molecule has 0 aromatic carbocycles. The zero-order valence-electron chi connectivity index (χ0n) is 9.38. The Hall–Kier alpha value is -2.02. The van der Waals surface area contributed by atoms with Crippen LogP contribution in [0.1, 0.15) is 0 Å².